The number of likely N-dealkylation sites (tertiary alicyclic amines) is 1. The van der Waals surface area contributed by atoms with Crippen LogP contribution in [0.1, 0.15) is 40.0 Å². The van der Waals surface area contributed by atoms with Gasteiger partial charge < -0.3 is 10.2 Å². The maximum Gasteiger partial charge on any atom is 0.193 e. The van der Waals surface area contributed by atoms with Crippen LogP contribution in [0.4, 0.5) is 0 Å². The first-order chi connectivity index (χ1) is 8.20. The van der Waals surface area contributed by atoms with Crippen LogP contribution in [0.5, 0.6) is 0 Å². The van der Waals surface area contributed by atoms with Gasteiger partial charge in [0.05, 0.1) is 0 Å². The van der Waals surface area contributed by atoms with E-state index in [9.17, 15) is 0 Å². The number of nitrogens with zero attached hydrogens (tertiary/aromatic N) is 2. The predicted octanol–water partition coefficient (Wildman–Crippen LogP) is 2.34. The van der Waals surface area contributed by atoms with Gasteiger partial charge >= 0.3 is 0 Å². The molecular weight excluding hydrogens is 210 g/mol. The molecule has 3 nitrogen and oxygen atoms in total. The van der Waals surface area contributed by atoms with Crippen LogP contribution in [0, 0.1) is 17.8 Å². The fraction of sp³-hybridized carbons (Fsp3) is 0.929. The van der Waals surface area contributed by atoms with Crippen molar-refractivity contribution in [1.82, 2.24) is 10.2 Å². The molecule has 0 aromatic carbocycles. The highest BCUT2D eigenvalue weighted by atomic mass is 15.3. The van der Waals surface area contributed by atoms with Gasteiger partial charge in [-0.1, -0.05) is 13.8 Å². The van der Waals surface area contributed by atoms with Gasteiger partial charge in [-0.05, 0) is 43.9 Å². The number of hydrogen-bond acceptors (Lipinski definition) is 1. The van der Waals surface area contributed by atoms with E-state index in [4.69, 9.17) is 4.99 Å². The summed E-state index contributed by atoms with van der Waals surface area (Å²) in [5.74, 6) is 3.72. The van der Waals surface area contributed by atoms with E-state index >= 15 is 0 Å². The van der Waals surface area contributed by atoms with Crippen LogP contribution >= 0.6 is 0 Å². The second kappa shape index (κ2) is 5.74. The largest absolute Gasteiger partial charge is 0.357 e. The molecule has 0 amide bonds. The van der Waals surface area contributed by atoms with Gasteiger partial charge in [-0.3, -0.25) is 4.99 Å². The highest BCUT2D eigenvalue weighted by Crippen LogP contribution is 2.37. The van der Waals surface area contributed by atoms with Crippen LogP contribution in [0.2, 0.25) is 0 Å². The Labute approximate surface area is 106 Å². The standard InChI is InChI=1S/C14H27N3/c1-4-15-14(16-9-13-8-12(13)3)17-7-5-6-11(2)10-17/h11-13H,4-10H2,1-3H3,(H,15,16). The number of aliphatic imine (C=N–C) groups is 1. The number of guanidine groups is 1. The first-order valence-corrected chi connectivity index (χ1v) is 7.24. The molecule has 2 rings (SSSR count). The minimum absolute atomic E-state index is 0.812. The van der Waals surface area contributed by atoms with E-state index in [0.717, 1.165) is 36.8 Å². The predicted molar refractivity (Wildman–Crippen MR) is 73.2 cm³/mol. The summed E-state index contributed by atoms with van der Waals surface area (Å²) in [4.78, 5) is 7.26. The molecule has 0 spiro atoms. The van der Waals surface area contributed by atoms with Gasteiger partial charge in [0.15, 0.2) is 5.96 Å². The third kappa shape index (κ3) is 3.62. The smallest absolute Gasteiger partial charge is 0.193 e. The normalized spacial score (nSPS) is 33.7. The van der Waals surface area contributed by atoms with E-state index in [-0.39, 0.29) is 0 Å². The summed E-state index contributed by atoms with van der Waals surface area (Å²) in [6.45, 7) is 11.2. The summed E-state index contributed by atoms with van der Waals surface area (Å²) < 4.78 is 0. The maximum absolute atomic E-state index is 4.82. The minimum Gasteiger partial charge on any atom is -0.357 e. The molecule has 17 heavy (non-hydrogen) atoms. The van der Waals surface area contributed by atoms with Crippen molar-refractivity contribution >= 4 is 5.96 Å². The Morgan fingerprint density at radius 3 is 2.76 bits per heavy atom. The first kappa shape index (κ1) is 12.7. The zero-order chi connectivity index (χ0) is 12.3. The van der Waals surface area contributed by atoms with E-state index in [2.05, 4.69) is 31.0 Å². The zero-order valence-corrected chi connectivity index (χ0v) is 11.6. The van der Waals surface area contributed by atoms with Gasteiger partial charge in [-0.2, -0.15) is 0 Å². The molecular formula is C14H27N3. The Kier molecular flexibility index (Phi) is 4.30. The van der Waals surface area contributed by atoms with Crippen LogP contribution < -0.4 is 5.32 Å². The molecule has 1 saturated heterocycles. The lowest BCUT2D eigenvalue weighted by Crippen LogP contribution is -2.46. The van der Waals surface area contributed by atoms with Gasteiger partial charge in [0.2, 0.25) is 0 Å². The molecule has 1 aliphatic carbocycles. The van der Waals surface area contributed by atoms with E-state index in [0.29, 0.717) is 0 Å². The molecule has 3 heteroatoms. The minimum atomic E-state index is 0.812. The zero-order valence-electron chi connectivity index (χ0n) is 11.6. The first-order valence-electron chi connectivity index (χ1n) is 7.24. The second-order valence-corrected chi connectivity index (χ2v) is 5.86. The van der Waals surface area contributed by atoms with Crippen molar-refractivity contribution in [3.63, 3.8) is 0 Å². The molecule has 2 aliphatic rings. The van der Waals surface area contributed by atoms with Gasteiger partial charge in [0.25, 0.3) is 0 Å². The summed E-state index contributed by atoms with van der Waals surface area (Å²) >= 11 is 0. The summed E-state index contributed by atoms with van der Waals surface area (Å²) in [6.07, 6.45) is 4.06. The fourth-order valence-corrected chi connectivity index (χ4v) is 2.66. The SMILES string of the molecule is CCNC(=NCC1CC1C)N1CCCC(C)C1. The van der Waals surface area contributed by atoms with Gasteiger partial charge in [0, 0.05) is 26.2 Å². The van der Waals surface area contributed by atoms with Crippen LogP contribution in [-0.4, -0.2) is 37.0 Å². The fourth-order valence-electron chi connectivity index (χ4n) is 2.66. The van der Waals surface area contributed by atoms with E-state index in [1.54, 1.807) is 0 Å². The van der Waals surface area contributed by atoms with Crippen LogP contribution in [0.3, 0.4) is 0 Å². The topological polar surface area (TPSA) is 27.6 Å². The van der Waals surface area contributed by atoms with Crippen molar-refractivity contribution in [2.24, 2.45) is 22.7 Å². The Hall–Kier alpha value is -0.730. The van der Waals surface area contributed by atoms with Gasteiger partial charge in [-0.15, -0.1) is 0 Å². The van der Waals surface area contributed by atoms with E-state index in [1.807, 2.05) is 0 Å². The average molecular weight is 237 g/mol. The van der Waals surface area contributed by atoms with Crippen molar-refractivity contribution in [3.05, 3.63) is 0 Å². The van der Waals surface area contributed by atoms with E-state index in [1.165, 1.54) is 32.4 Å². The number of hydrogen-bond donors (Lipinski definition) is 1. The third-order valence-corrected chi connectivity index (χ3v) is 4.04. The van der Waals surface area contributed by atoms with Crippen molar-refractivity contribution < 1.29 is 0 Å². The van der Waals surface area contributed by atoms with Crippen molar-refractivity contribution in [2.45, 2.75) is 40.0 Å². The van der Waals surface area contributed by atoms with Crippen LogP contribution in [0.15, 0.2) is 4.99 Å². The summed E-state index contributed by atoms with van der Waals surface area (Å²) in [5.41, 5.74) is 0. The monoisotopic (exact) mass is 237 g/mol. The highest BCUT2D eigenvalue weighted by molar-refractivity contribution is 5.80. The van der Waals surface area contributed by atoms with Crippen LogP contribution in [-0.2, 0) is 0 Å². The molecule has 0 bridgehead atoms. The summed E-state index contributed by atoms with van der Waals surface area (Å²) in [7, 11) is 0. The molecule has 0 aromatic rings. The Morgan fingerprint density at radius 1 is 1.41 bits per heavy atom. The molecule has 98 valence electrons. The quantitative estimate of drug-likeness (QED) is 0.602. The Bertz CT molecular complexity index is 275. The number of nitrogens with one attached hydrogen (secondary N) is 1. The van der Waals surface area contributed by atoms with Crippen LogP contribution in [0.25, 0.3) is 0 Å². The molecule has 0 radical (unpaired) electrons. The lowest BCUT2D eigenvalue weighted by atomic mass is 10.0. The van der Waals surface area contributed by atoms with E-state index < -0.39 is 0 Å². The van der Waals surface area contributed by atoms with Crippen molar-refractivity contribution in [3.8, 4) is 0 Å². The molecule has 1 N–H and O–H groups in total. The summed E-state index contributed by atoms with van der Waals surface area (Å²) in [6, 6.07) is 0. The number of rotatable bonds is 3. The second-order valence-electron chi connectivity index (χ2n) is 5.86. The molecule has 3 unspecified atom stereocenters. The van der Waals surface area contributed by atoms with Gasteiger partial charge in [0.1, 0.15) is 0 Å². The molecule has 3 atom stereocenters. The lowest BCUT2D eigenvalue weighted by molar-refractivity contribution is 0.266. The Morgan fingerprint density at radius 2 is 2.18 bits per heavy atom. The molecule has 1 saturated carbocycles. The Balaban J connectivity index is 1.90. The maximum atomic E-state index is 4.82. The molecule has 0 aromatic heterocycles. The van der Waals surface area contributed by atoms with Gasteiger partial charge in [-0.25, -0.2) is 0 Å². The molecule has 1 heterocycles. The third-order valence-electron chi connectivity index (χ3n) is 4.04. The molecule has 2 fully saturated rings. The van der Waals surface area contributed by atoms with Crippen molar-refractivity contribution in [2.75, 3.05) is 26.2 Å². The molecule has 1 aliphatic heterocycles. The average Bonchev–Trinajstić information content (AvgIpc) is 3.00. The summed E-state index contributed by atoms with van der Waals surface area (Å²) in [5, 5.41) is 3.45. The lowest BCUT2D eigenvalue weighted by Gasteiger charge is -2.33. The number of piperidine rings is 1. The highest BCUT2D eigenvalue weighted by Gasteiger charge is 2.32. The van der Waals surface area contributed by atoms with Crippen molar-refractivity contribution in [1.29, 1.82) is 0 Å².